The van der Waals surface area contributed by atoms with Gasteiger partial charge in [0.2, 0.25) is 0 Å². The maximum atomic E-state index is 12.0. The Labute approximate surface area is 126 Å². The first kappa shape index (κ1) is 14.8. The van der Waals surface area contributed by atoms with Crippen molar-refractivity contribution in [2.24, 2.45) is 0 Å². The number of aromatic nitrogens is 1. The highest BCUT2D eigenvalue weighted by atomic mass is 35.5. The highest BCUT2D eigenvalue weighted by molar-refractivity contribution is 7.09. The topological polar surface area (TPSA) is 65.2 Å². The van der Waals surface area contributed by atoms with Crippen LogP contribution in [0.3, 0.4) is 0 Å². The van der Waals surface area contributed by atoms with E-state index < -0.39 is 11.6 Å². The monoisotopic (exact) mass is 310 g/mol. The molecule has 20 heavy (non-hydrogen) atoms. The molecule has 0 amide bonds. The number of nitrogen functional groups attached to an aromatic ring is 1. The molecule has 4 nitrogen and oxygen atoms in total. The fraction of sp³-hybridized carbons (Fsp3) is 0.286. The van der Waals surface area contributed by atoms with Gasteiger partial charge in [-0.15, -0.1) is 0 Å². The molecule has 0 saturated carbocycles. The van der Waals surface area contributed by atoms with Gasteiger partial charge < -0.3 is 10.5 Å². The number of ether oxygens (including phenoxy) is 1. The van der Waals surface area contributed by atoms with E-state index in [4.69, 9.17) is 22.1 Å². The minimum Gasteiger partial charge on any atom is -0.456 e. The molecule has 0 radical (unpaired) electrons. The average Bonchev–Trinajstić information content (AvgIpc) is 2.69. The Kier molecular flexibility index (Phi) is 4.01. The Morgan fingerprint density at radius 2 is 2.10 bits per heavy atom. The fourth-order valence-corrected chi connectivity index (χ4v) is 2.50. The van der Waals surface area contributed by atoms with E-state index in [1.807, 2.05) is 12.1 Å². The molecule has 0 aliphatic rings. The van der Waals surface area contributed by atoms with Crippen LogP contribution < -0.4 is 5.73 Å². The van der Waals surface area contributed by atoms with E-state index in [2.05, 4.69) is 4.37 Å². The van der Waals surface area contributed by atoms with Crippen molar-refractivity contribution in [3.63, 3.8) is 0 Å². The Morgan fingerprint density at radius 3 is 2.70 bits per heavy atom. The molecule has 1 aromatic heterocycles. The molecule has 0 bridgehead atoms. The number of hydrogen-bond donors (Lipinski definition) is 1. The molecule has 0 saturated heterocycles. The summed E-state index contributed by atoms with van der Waals surface area (Å²) in [5, 5.41) is 0.591. The van der Waals surface area contributed by atoms with Gasteiger partial charge in [0.1, 0.15) is 11.3 Å². The van der Waals surface area contributed by atoms with Crippen molar-refractivity contribution in [3.05, 3.63) is 34.2 Å². The summed E-state index contributed by atoms with van der Waals surface area (Å²) in [7, 11) is 0. The number of benzene rings is 1. The van der Waals surface area contributed by atoms with Crippen LogP contribution in [-0.2, 0) is 4.74 Å². The van der Waals surface area contributed by atoms with Crippen LogP contribution in [0.2, 0.25) is 5.02 Å². The van der Waals surface area contributed by atoms with Crippen LogP contribution in [0, 0.1) is 0 Å². The zero-order chi connectivity index (χ0) is 14.9. The van der Waals surface area contributed by atoms with E-state index in [0.29, 0.717) is 21.3 Å². The van der Waals surface area contributed by atoms with Crippen LogP contribution in [0.5, 0.6) is 0 Å². The number of rotatable bonds is 2. The van der Waals surface area contributed by atoms with E-state index in [1.165, 1.54) is 0 Å². The average molecular weight is 311 g/mol. The van der Waals surface area contributed by atoms with Crippen molar-refractivity contribution in [2.45, 2.75) is 26.4 Å². The molecule has 0 fully saturated rings. The Morgan fingerprint density at radius 1 is 1.40 bits per heavy atom. The summed E-state index contributed by atoms with van der Waals surface area (Å²) < 4.78 is 9.54. The van der Waals surface area contributed by atoms with Gasteiger partial charge in [-0.25, -0.2) is 4.79 Å². The fourth-order valence-electron chi connectivity index (χ4n) is 1.61. The van der Waals surface area contributed by atoms with Gasteiger partial charge in [-0.2, -0.15) is 4.37 Å². The van der Waals surface area contributed by atoms with Gasteiger partial charge >= 0.3 is 5.97 Å². The molecular weight excluding hydrogens is 296 g/mol. The van der Waals surface area contributed by atoms with Gasteiger partial charge in [0.05, 0.1) is 5.69 Å². The smallest absolute Gasteiger partial charge is 0.352 e. The number of hydrogen-bond acceptors (Lipinski definition) is 5. The second kappa shape index (κ2) is 5.42. The SMILES string of the molecule is CC(C)(C)OC(=O)c1snc(-c2cccc(Cl)c2)c1N. The Balaban J connectivity index is 2.34. The normalized spacial score (nSPS) is 11.4. The van der Waals surface area contributed by atoms with E-state index in [-0.39, 0.29) is 0 Å². The lowest BCUT2D eigenvalue weighted by atomic mass is 10.1. The quantitative estimate of drug-likeness (QED) is 0.851. The summed E-state index contributed by atoms with van der Waals surface area (Å²) in [5.41, 5.74) is 7.10. The minimum atomic E-state index is -0.566. The summed E-state index contributed by atoms with van der Waals surface area (Å²) in [6.45, 7) is 5.42. The number of nitrogens with zero attached hydrogens (tertiary/aromatic N) is 1. The lowest BCUT2D eigenvalue weighted by Crippen LogP contribution is -2.23. The zero-order valence-electron chi connectivity index (χ0n) is 11.4. The molecule has 2 N–H and O–H groups in total. The first-order chi connectivity index (χ1) is 9.28. The second-order valence-electron chi connectivity index (χ2n) is 5.29. The van der Waals surface area contributed by atoms with Crippen molar-refractivity contribution in [1.82, 2.24) is 4.37 Å². The van der Waals surface area contributed by atoms with Gasteiger partial charge in [-0.05, 0) is 44.4 Å². The number of anilines is 1. The first-order valence-electron chi connectivity index (χ1n) is 6.02. The van der Waals surface area contributed by atoms with Gasteiger partial charge in [-0.3, -0.25) is 0 Å². The number of nitrogens with two attached hydrogens (primary N) is 1. The largest absolute Gasteiger partial charge is 0.456 e. The lowest BCUT2D eigenvalue weighted by molar-refractivity contribution is 0.00764. The summed E-state index contributed by atoms with van der Waals surface area (Å²) in [5.74, 6) is -0.458. The molecular formula is C14H15ClN2O2S. The van der Waals surface area contributed by atoms with Crippen molar-refractivity contribution in [3.8, 4) is 11.3 Å². The van der Waals surface area contributed by atoms with E-state index in [1.54, 1.807) is 32.9 Å². The number of halogens is 1. The second-order valence-corrected chi connectivity index (χ2v) is 6.50. The van der Waals surface area contributed by atoms with Crippen molar-refractivity contribution in [2.75, 3.05) is 5.73 Å². The summed E-state index contributed by atoms with van der Waals surface area (Å²) in [6.07, 6.45) is 0. The molecule has 0 spiro atoms. The molecule has 0 unspecified atom stereocenters. The lowest BCUT2D eigenvalue weighted by Gasteiger charge is -2.18. The van der Waals surface area contributed by atoms with Crippen LogP contribution in [0.4, 0.5) is 5.69 Å². The Hall–Kier alpha value is -1.59. The van der Waals surface area contributed by atoms with Crippen LogP contribution in [0.25, 0.3) is 11.3 Å². The molecule has 106 valence electrons. The Bertz CT molecular complexity index is 647. The number of carbonyl (C=O) groups excluding carboxylic acids is 1. The molecule has 1 heterocycles. The van der Waals surface area contributed by atoms with Gasteiger partial charge in [-0.1, -0.05) is 23.7 Å². The predicted molar refractivity (Wildman–Crippen MR) is 82.1 cm³/mol. The van der Waals surface area contributed by atoms with Crippen molar-refractivity contribution < 1.29 is 9.53 Å². The third kappa shape index (κ3) is 3.29. The molecule has 0 atom stereocenters. The van der Waals surface area contributed by atoms with Gasteiger partial charge in [0.15, 0.2) is 4.88 Å². The van der Waals surface area contributed by atoms with Crippen LogP contribution in [-0.4, -0.2) is 15.9 Å². The van der Waals surface area contributed by atoms with Crippen LogP contribution >= 0.6 is 23.1 Å². The summed E-state index contributed by atoms with van der Waals surface area (Å²) >= 11 is 6.98. The first-order valence-corrected chi connectivity index (χ1v) is 7.17. The minimum absolute atomic E-state index is 0.315. The van der Waals surface area contributed by atoms with E-state index in [9.17, 15) is 4.79 Å². The molecule has 0 aliphatic carbocycles. The van der Waals surface area contributed by atoms with Crippen molar-refractivity contribution >= 4 is 34.8 Å². The van der Waals surface area contributed by atoms with Crippen LogP contribution in [0.15, 0.2) is 24.3 Å². The third-order valence-corrected chi connectivity index (χ3v) is 3.49. The summed E-state index contributed by atoms with van der Waals surface area (Å²) in [4.78, 5) is 12.3. The number of carbonyl (C=O) groups is 1. The van der Waals surface area contributed by atoms with E-state index >= 15 is 0 Å². The molecule has 1 aromatic carbocycles. The standard InChI is InChI=1S/C14H15ClN2O2S/c1-14(2,3)19-13(18)12-10(16)11(17-20-12)8-5-4-6-9(15)7-8/h4-7H,16H2,1-3H3. The maximum Gasteiger partial charge on any atom is 0.352 e. The highest BCUT2D eigenvalue weighted by Crippen LogP contribution is 2.33. The zero-order valence-corrected chi connectivity index (χ0v) is 13.0. The number of esters is 1. The predicted octanol–water partition coefficient (Wildman–Crippen LogP) is 4.00. The molecule has 6 heteroatoms. The summed E-state index contributed by atoms with van der Waals surface area (Å²) in [6, 6.07) is 7.17. The molecule has 0 aliphatic heterocycles. The van der Waals surface area contributed by atoms with Crippen molar-refractivity contribution in [1.29, 1.82) is 0 Å². The van der Waals surface area contributed by atoms with E-state index in [0.717, 1.165) is 17.1 Å². The van der Waals surface area contributed by atoms with Crippen LogP contribution in [0.1, 0.15) is 30.4 Å². The molecule has 2 aromatic rings. The third-order valence-electron chi connectivity index (χ3n) is 2.41. The highest BCUT2D eigenvalue weighted by Gasteiger charge is 2.24. The maximum absolute atomic E-state index is 12.0. The van der Waals surface area contributed by atoms with Gasteiger partial charge in [0.25, 0.3) is 0 Å². The molecule has 2 rings (SSSR count). The van der Waals surface area contributed by atoms with Gasteiger partial charge in [0, 0.05) is 10.6 Å².